The van der Waals surface area contributed by atoms with Crippen LogP contribution in [0.15, 0.2) is 12.3 Å². The first-order valence-electron chi connectivity index (χ1n) is 11.9. The number of aromatic nitrogens is 1. The number of fused-ring (bicyclic) bond motifs is 3. The topological polar surface area (TPSA) is 77.7 Å². The van der Waals surface area contributed by atoms with Crippen LogP contribution in [-0.4, -0.2) is 66.6 Å². The van der Waals surface area contributed by atoms with Crippen LogP contribution in [0, 0.1) is 0 Å². The number of carbonyl (C=O) groups is 1. The van der Waals surface area contributed by atoms with Crippen LogP contribution in [0.1, 0.15) is 54.9 Å². The maximum Gasteiger partial charge on any atom is 0.218 e. The molecule has 3 aliphatic rings. The van der Waals surface area contributed by atoms with Crippen LogP contribution < -0.4 is 10.5 Å². The average Bonchev–Trinajstić information content (AvgIpc) is 3.38. The molecule has 0 aromatic carbocycles. The summed E-state index contributed by atoms with van der Waals surface area (Å²) in [5.41, 5.74) is 6.69. The zero-order valence-corrected chi connectivity index (χ0v) is 19.5. The van der Waals surface area contributed by atoms with Gasteiger partial charge in [0.25, 0.3) is 0 Å². The van der Waals surface area contributed by atoms with Gasteiger partial charge in [0.15, 0.2) is 0 Å². The van der Waals surface area contributed by atoms with Crippen molar-refractivity contribution in [1.82, 2.24) is 9.88 Å². The monoisotopic (exact) mass is 479 g/mol. The fourth-order valence-corrected chi connectivity index (χ4v) is 7.23. The summed E-state index contributed by atoms with van der Waals surface area (Å²) >= 11 is 1.69. The van der Waals surface area contributed by atoms with Crippen LogP contribution in [-0.2, 0) is 16.0 Å². The molecule has 2 N–H and O–H groups in total. The van der Waals surface area contributed by atoms with Crippen molar-refractivity contribution in [2.24, 2.45) is 5.73 Å². The summed E-state index contributed by atoms with van der Waals surface area (Å²) in [6.07, 6.45) is 7.42. The summed E-state index contributed by atoms with van der Waals surface area (Å²) in [5, 5.41) is 1.03. The van der Waals surface area contributed by atoms with Crippen LogP contribution in [0.25, 0.3) is 10.2 Å². The van der Waals surface area contributed by atoms with Gasteiger partial charge < -0.3 is 15.2 Å². The van der Waals surface area contributed by atoms with Crippen molar-refractivity contribution >= 4 is 27.5 Å². The van der Waals surface area contributed by atoms with Crippen molar-refractivity contribution in [1.29, 1.82) is 0 Å². The zero-order valence-electron chi connectivity index (χ0n) is 18.7. The van der Waals surface area contributed by atoms with Gasteiger partial charge in [-0.15, -0.1) is 11.3 Å². The van der Waals surface area contributed by atoms with Gasteiger partial charge in [-0.1, -0.05) is 0 Å². The number of primary amides is 1. The molecule has 0 bridgehead atoms. The fraction of sp³-hybridized carbons (Fsp3) is 0.667. The molecule has 33 heavy (non-hydrogen) atoms. The highest BCUT2D eigenvalue weighted by molar-refractivity contribution is 7.19. The van der Waals surface area contributed by atoms with Crippen molar-refractivity contribution in [2.45, 2.75) is 75.1 Å². The first-order chi connectivity index (χ1) is 16.1. The largest absolute Gasteiger partial charge is 0.490 e. The van der Waals surface area contributed by atoms with E-state index in [-0.39, 0.29) is 36.1 Å². The first-order valence-corrected chi connectivity index (χ1v) is 12.7. The number of aryl methyl sites for hydroxylation is 1. The molecule has 9 heteroatoms. The van der Waals surface area contributed by atoms with Gasteiger partial charge in [0.2, 0.25) is 5.91 Å². The standard InChI is InChI=1S/C24H31F2N3O3S/c25-10-16-12-31-13-17(11-26)29(16)15-2-4-18(5-3-15)32-19-7-8-28-24-23(19)22-14(9-21(27)30)1-6-20(22)33-24/h7-8,14-18H,1-6,9-13H2,(H2,27,30)/t14-,15?,16-,17+,18?/m1/s1. The predicted molar refractivity (Wildman–Crippen MR) is 123 cm³/mol. The van der Waals surface area contributed by atoms with Gasteiger partial charge in [-0.05, 0) is 56.1 Å². The number of amides is 1. The van der Waals surface area contributed by atoms with E-state index < -0.39 is 13.3 Å². The number of alkyl halides is 2. The molecule has 2 aromatic heterocycles. The number of pyridine rings is 1. The second kappa shape index (κ2) is 9.80. The van der Waals surface area contributed by atoms with Crippen LogP contribution in [0.3, 0.4) is 0 Å². The molecule has 0 spiro atoms. The minimum absolute atomic E-state index is 0.0482. The first kappa shape index (κ1) is 22.9. The van der Waals surface area contributed by atoms with Gasteiger partial charge in [0, 0.05) is 23.5 Å². The van der Waals surface area contributed by atoms with E-state index in [0.29, 0.717) is 19.6 Å². The predicted octanol–water partition coefficient (Wildman–Crippen LogP) is 3.90. The Morgan fingerprint density at radius 3 is 2.58 bits per heavy atom. The Kier molecular flexibility index (Phi) is 6.81. The fourth-order valence-electron chi connectivity index (χ4n) is 5.97. The molecule has 3 heterocycles. The van der Waals surface area contributed by atoms with Gasteiger partial charge in [-0.3, -0.25) is 9.69 Å². The third kappa shape index (κ3) is 4.47. The smallest absolute Gasteiger partial charge is 0.218 e. The van der Waals surface area contributed by atoms with E-state index in [1.54, 1.807) is 17.5 Å². The number of nitrogens with zero attached hydrogens (tertiary/aromatic N) is 2. The number of thiophene rings is 1. The Bertz CT molecular complexity index is 983. The quantitative estimate of drug-likeness (QED) is 0.652. The summed E-state index contributed by atoms with van der Waals surface area (Å²) in [7, 11) is 0. The minimum atomic E-state index is -0.516. The highest BCUT2D eigenvalue weighted by Crippen LogP contribution is 2.48. The van der Waals surface area contributed by atoms with E-state index in [2.05, 4.69) is 4.98 Å². The maximum atomic E-state index is 13.6. The lowest BCUT2D eigenvalue weighted by atomic mass is 9.89. The number of ether oxygens (including phenoxy) is 2. The van der Waals surface area contributed by atoms with Gasteiger partial charge >= 0.3 is 0 Å². The number of halogens is 2. The summed E-state index contributed by atoms with van der Waals surface area (Å²) in [6, 6.07) is 1.34. The molecule has 6 nitrogen and oxygen atoms in total. The third-order valence-electron chi connectivity index (χ3n) is 7.42. The molecule has 1 saturated carbocycles. The number of morpholine rings is 1. The Labute approximate surface area is 196 Å². The summed E-state index contributed by atoms with van der Waals surface area (Å²) in [6.45, 7) is -0.377. The molecule has 1 amide bonds. The number of nitrogens with two attached hydrogens (primary N) is 1. The van der Waals surface area contributed by atoms with E-state index in [1.165, 1.54) is 10.4 Å². The van der Waals surface area contributed by atoms with E-state index >= 15 is 0 Å². The van der Waals surface area contributed by atoms with Crippen LogP contribution in [0.4, 0.5) is 8.78 Å². The Morgan fingerprint density at radius 2 is 1.91 bits per heavy atom. The number of rotatable bonds is 7. The molecule has 2 aliphatic carbocycles. The molecule has 2 fully saturated rings. The molecule has 0 unspecified atom stereocenters. The van der Waals surface area contributed by atoms with Crippen LogP contribution in [0.5, 0.6) is 5.75 Å². The number of carbonyl (C=O) groups excluding carboxylic acids is 1. The molecule has 0 radical (unpaired) electrons. The maximum absolute atomic E-state index is 13.6. The van der Waals surface area contributed by atoms with Crippen LogP contribution in [0.2, 0.25) is 0 Å². The Balaban J connectivity index is 1.30. The van der Waals surface area contributed by atoms with E-state index in [9.17, 15) is 13.6 Å². The lowest BCUT2D eigenvalue weighted by Gasteiger charge is -2.46. The molecule has 2 aromatic rings. The van der Waals surface area contributed by atoms with Crippen molar-refractivity contribution in [3.8, 4) is 5.75 Å². The molecule has 1 saturated heterocycles. The number of hydrogen-bond acceptors (Lipinski definition) is 6. The Hall–Kier alpha value is -1.84. The second-order valence-corrected chi connectivity index (χ2v) is 10.6. The normalized spacial score (nSPS) is 30.4. The average molecular weight is 480 g/mol. The zero-order chi connectivity index (χ0) is 22.9. The van der Waals surface area contributed by atoms with E-state index in [0.717, 1.165) is 54.5 Å². The molecule has 3 atom stereocenters. The number of hydrogen-bond donors (Lipinski definition) is 1. The summed E-state index contributed by atoms with van der Waals surface area (Å²) in [4.78, 5) is 20.4. The Morgan fingerprint density at radius 1 is 1.18 bits per heavy atom. The molecule has 180 valence electrons. The molecule has 1 aliphatic heterocycles. The van der Waals surface area contributed by atoms with E-state index in [1.807, 2.05) is 11.0 Å². The second-order valence-electron chi connectivity index (χ2n) is 9.48. The lowest BCUT2D eigenvalue weighted by molar-refractivity contribution is -0.118. The van der Waals surface area contributed by atoms with E-state index in [4.69, 9.17) is 15.2 Å². The lowest BCUT2D eigenvalue weighted by Crippen LogP contribution is -2.59. The van der Waals surface area contributed by atoms with Gasteiger partial charge in [-0.25, -0.2) is 13.8 Å². The summed E-state index contributed by atoms with van der Waals surface area (Å²) in [5.74, 6) is 0.676. The van der Waals surface area contributed by atoms with Gasteiger partial charge in [-0.2, -0.15) is 0 Å². The molecule has 5 rings (SSSR count). The molecular formula is C24H31F2N3O3S. The SMILES string of the molecule is NC(=O)C[C@H]1CCc2sc3nccc(OC4CCC(N5[C@H](CF)COC[C@@H]5CF)CC4)c3c21. The third-order valence-corrected chi connectivity index (χ3v) is 8.60. The highest BCUT2D eigenvalue weighted by Gasteiger charge is 2.39. The highest BCUT2D eigenvalue weighted by atomic mass is 32.1. The van der Waals surface area contributed by atoms with Crippen molar-refractivity contribution in [3.63, 3.8) is 0 Å². The van der Waals surface area contributed by atoms with Gasteiger partial charge in [0.05, 0.1) is 36.8 Å². The van der Waals surface area contributed by atoms with Crippen molar-refractivity contribution in [3.05, 3.63) is 22.7 Å². The van der Waals surface area contributed by atoms with Gasteiger partial charge in [0.1, 0.15) is 23.9 Å². The molecular weight excluding hydrogens is 448 g/mol. The summed E-state index contributed by atoms with van der Waals surface area (Å²) < 4.78 is 39.1. The minimum Gasteiger partial charge on any atom is -0.490 e. The van der Waals surface area contributed by atoms with Crippen molar-refractivity contribution < 1.29 is 23.0 Å². The van der Waals surface area contributed by atoms with Crippen molar-refractivity contribution in [2.75, 3.05) is 26.6 Å². The van der Waals surface area contributed by atoms with Crippen LogP contribution >= 0.6 is 11.3 Å².